The number of ether oxygens (including phenoxy) is 1. The first-order valence-corrected chi connectivity index (χ1v) is 6.24. The van der Waals surface area contributed by atoms with Crippen molar-refractivity contribution in [1.29, 1.82) is 0 Å². The van der Waals surface area contributed by atoms with Crippen LogP contribution in [-0.2, 0) is 9.57 Å². The molecule has 5 heteroatoms. The van der Waals surface area contributed by atoms with Crippen molar-refractivity contribution in [3.63, 3.8) is 0 Å². The molecule has 1 unspecified atom stereocenters. The Balaban J connectivity index is 2.81. The summed E-state index contributed by atoms with van der Waals surface area (Å²) in [5, 5.41) is 2.75. The number of carbonyl (C=O) groups is 1. The van der Waals surface area contributed by atoms with Crippen molar-refractivity contribution in [1.82, 2.24) is 0 Å². The topological polar surface area (TPSA) is 73.6 Å². The van der Waals surface area contributed by atoms with Crippen molar-refractivity contribution >= 4 is 11.8 Å². The van der Waals surface area contributed by atoms with Gasteiger partial charge in [-0.25, -0.2) is 10.7 Å². The van der Waals surface area contributed by atoms with Crippen molar-refractivity contribution in [2.75, 3.05) is 11.9 Å². The first kappa shape index (κ1) is 15.5. The summed E-state index contributed by atoms with van der Waals surface area (Å²) in [6, 6.07) is 7.51. The monoisotopic (exact) mass is 266 g/mol. The van der Waals surface area contributed by atoms with E-state index in [9.17, 15) is 4.79 Å². The summed E-state index contributed by atoms with van der Waals surface area (Å²) in [7, 11) is 0. The maximum absolute atomic E-state index is 11.8. The van der Waals surface area contributed by atoms with Gasteiger partial charge in [0, 0.05) is 11.6 Å². The summed E-state index contributed by atoms with van der Waals surface area (Å²) in [5.41, 5.74) is 1.14. The van der Waals surface area contributed by atoms with Gasteiger partial charge in [-0.2, -0.15) is 0 Å². The molecule has 0 aliphatic carbocycles. The maximum atomic E-state index is 11.8. The van der Waals surface area contributed by atoms with Gasteiger partial charge in [0.25, 0.3) is 0 Å². The fourth-order valence-electron chi connectivity index (χ4n) is 1.69. The summed E-state index contributed by atoms with van der Waals surface area (Å²) < 4.78 is 5.23. The van der Waals surface area contributed by atoms with Crippen LogP contribution >= 0.6 is 0 Å². The van der Waals surface area contributed by atoms with E-state index in [0.717, 1.165) is 5.56 Å². The van der Waals surface area contributed by atoms with Gasteiger partial charge in [0.05, 0.1) is 6.61 Å². The average Bonchev–Trinajstić information content (AvgIpc) is 2.27. The van der Waals surface area contributed by atoms with E-state index >= 15 is 0 Å². The van der Waals surface area contributed by atoms with E-state index in [2.05, 4.69) is 10.2 Å². The molecule has 0 saturated carbocycles. The van der Waals surface area contributed by atoms with E-state index in [1.807, 2.05) is 52.0 Å². The molecule has 0 radical (unpaired) electrons. The van der Waals surface area contributed by atoms with Crippen LogP contribution in [0.2, 0.25) is 0 Å². The van der Waals surface area contributed by atoms with Crippen LogP contribution in [0.15, 0.2) is 24.3 Å². The molecule has 106 valence electrons. The van der Waals surface area contributed by atoms with Crippen LogP contribution in [0.25, 0.3) is 0 Å². The van der Waals surface area contributed by atoms with Crippen LogP contribution in [0.1, 0.15) is 39.2 Å². The van der Waals surface area contributed by atoms with Gasteiger partial charge in [0.15, 0.2) is 0 Å². The Kier molecular flexibility index (Phi) is 5.32. The van der Waals surface area contributed by atoms with Gasteiger partial charge >= 0.3 is 6.09 Å². The van der Waals surface area contributed by atoms with Crippen LogP contribution in [-0.4, -0.2) is 18.3 Å². The van der Waals surface area contributed by atoms with Crippen molar-refractivity contribution in [3.05, 3.63) is 29.8 Å². The molecule has 19 heavy (non-hydrogen) atoms. The largest absolute Gasteiger partial charge is 0.444 e. The van der Waals surface area contributed by atoms with E-state index in [1.165, 1.54) is 0 Å². The number of hydrogen-bond acceptors (Lipinski definition) is 4. The molecule has 0 saturated heterocycles. The molecule has 0 spiro atoms. The van der Waals surface area contributed by atoms with Gasteiger partial charge in [0.2, 0.25) is 0 Å². The van der Waals surface area contributed by atoms with E-state index < -0.39 is 11.7 Å². The minimum Gasteiger partial charge on any atom is -0.444 e. The van der Waals surface area contributed by atoms with Crippen LogP contribution in [0.4, 0.5) is 10.5 Å². The second-order valence-corrected chi connectivity index (χ2v) is 5.45. The van der Waals surface area contributed by atoms with Gasteiger partial charge < -0.3 is 9.57 Å². The van der Waals surface area contributed by atoms with Gasteiger partial charge in [0.1, 0.15) is 5.60 Å². The predicted octanol–water partition coefficient (Wildman–Crippen LogP) is 3.03. The standard InChI is InChI=1S/C14H22N2O3/c1-10(9-18-15)11-7-5-6-8-12(11)16-13(17)19-14(2,3)4/h5-8,10H,9,15H2,1-4H3,(H,16,17). The number of amides is 1. The maximum Gasteiger partial charge on any atom is 0.412 e. The van der Waals surface area contributed by atoms with Crippen molar-refractivity contribution < 1.29 is 14.4 Å². The quantitative estimate of drug-likeness (QED) is 0.821. The number of anilines is 1. The number of benzene rings is 1. The van der Waals surface area contributed by atoms with Gasteiger partial charge in [-0.3, -0.25) is 5.32 Å². The molecular weight excluding hydrogens is 244 g/mol. The zero-order valence-corrected chi connectivity index (χ0v) is 11.9. The Morgan fingerprint density at radius 2 is 2.00 bits per heavy atom. The third kappa shape index (κ3) is 5.28. The van der Waals surface area contributed by atoms with E-state index in [1.54, 1.807) is 0 Å². The normalized spacial score (nSPS) is 12.9. The van der Waals surface area contributed by atoms with Crippen molar-refractivity contribution in [2.24, 2.45) is 5.90 Å². The Labute approximate surface area is 114 Å². The highest BCUT2D eigenvalue weighted by Crippen LogP contribution is 2.24. The third-order valence-corrected chi connectivity index (χ3v) is 2.47. The Morgan fingerprint density at radius 1 is 1.37 bits per heavy atom. The van der Waals surface area contributed by atoms with Gasteiger partial charge in [-0.15, -0.1) is 0 Å². The zero-order valence-electron chi connectivity index (χ0n) is 11.9. The molecular formula is C14H22N2O3. The molecule has 0 aromatic heterocycles. The molecule has 0 fully saturated rings. The molecule has 0 aliphatic heterocycles. The second-order valence-electron chi connectivity index (χ2n) is 5.45. The zero-order chi connectivity index (χ0) is 14.5. The number of carbonyl (C=O) groups excluding carboxylic acids is 1. The summed E-state index contributed by atoms with van der Waals surface area (Å²) >= 11 is 0. The smallest absolute Gasteiger partial charge is 0.412 e. The number of para-hydroxylation sites is 1. The van der Waals surface area contributed by atoms with E-state index in [4.69, 9.17) is 10.6 Å². The molecule has 1 aromatic carbocycles. The molecule has 0 aliphatic rings. The highest BCUT2D eigenvalue weighted by molar-refractivity contribution is 5.86. The molecule has 3 N–H and O–H groups in total. The fourth-order valence-corrected chi connectivity index (χ4v) is 1.69. The SMILES string of the molecule is CC(CON)c1ccccc1NC(=O)OC(C)(C)C. The Hall–Kier alpha value is -1.59. The summed E-state index contributed by atoms with van der Waals surface area (Å²) in [6.07, 6.45) is -0.471. The lowest BCUT2D eigenvalue weighted by Crippen LogP contribution is -2.27. The number of hydrogen-bond donors (Lipinski definition) is 2. The molecule has 1 aromatic rings. The van der Waals surface area contributed by atoms with E-state index in [-0.39, 0.29) is 5.92 Å². The molecule has 5 nitrogen and oxygen atoms in total. The highest BCUT2D eigenvalue weighted by atomic mass is 16.6. The summed E-state index contributed by atoms with van der Waals surface area (Å²) in [5.74, 6) is 5.17. The Morgan fingerprint density at radius 3 is 2.58 bits per heavy atom. The minimum absolute atomic E-state index is 0.0798. The fraction of sp³-hybridized carbons (Fsp3) is 0.500. The number of nitrogens with two attached hydrogens (primary N) is 1. The van der Waals surface area contributed by atoms with Crippen LogP contribution in [0.3, 0.4) is 0 Å². The van der Waals surface area contributed by atoms with Crippen LogP contribution in [0.5, 0.6) is 0 Å². The molecule has 1 atom stereocenters. The lowest BCUT2D eigenvalue weighted by atomic mass is 10.0. The van der Waals surface area contributed by atoms with Crippen LogP contribution < -0.4 is 11.2 Å². The van der Waals surface area contributed by atoms with Crippen molar-refractivity contribution in [2.45, 2.75) is 39.2 Å². The molecule has 0 bridgehead atoms. The first-order valence-electron chi connectivity index (χ1n) is 6.24. The Bertz CT molecular complexity index is 427. The third-order valence-electron chi connectivity index (χ3n) is 2.47. The summed E-state index contributed by atoms with van der Waals surface area (Å²) in [4.78, 5) is 16.4. The van der Waals surface area contributed by atoms with Crippen LogP contribution in [0, 0.1) is 0 Å². The van der Waals surface area contributed by atoms with Gasteiger partial charge in [-0.05, 0) is 32.4 Å². The molecule has 1 amide bonds. The van der Waals surface area contributed by atoms with Crippen molar-refractivity contribution in [3.8, 4) is 0 Å². The summed E-state index contributed by atoms with van der Waals surface area (Å²) in [6.45, 7) is 7.82. The number of nitrogens with one attached hydrogen (secondary N) is 1. The average molecular weight is 266 g/mol. The molecule has 0 heterocycles. The highest BCUT2D eigenvalue weighted by Gasteiger charge is 2.18. The lowest BCUT2D eigenvalue weighted by Gasteiger charge is -2.21. The number of rotatable bonds is 4. The van der Waals surface area contributed by atoms with Gasteiger partial charge in [-0.1, -0.05) is 25.1 Å². The predicted molar refractivity (Wildman–Crippen MR) is 74.9 cm³/mol. The minimum atomic E-state index is -0.523. The first-order chi connectivity index (χ1) is 8.83. The molecule has 1 rings (SSSR count). The van der Waals surface area contributed by atoms with E-state index in [0.29, 0.717) is 12.3 Å². The lowest BCUT2D eigenvalue weighted by molar-refractivity contribution is 0.0635. The second kappa shape index (κ2) is 6.54.